The Balaban J connectivity index is 1.42. The van der Waals surface area contributed by atoms with Gasteiger partial charge < -0.3 is 9.30 Å². The zero-order chi connectivity index (χ0) is 15.0. The van der Waals surface area contributed by atoms with Crippen molar-refractivity contribution in [3.63, 3.8) is 0 Å². The van der Waals surface area contributed by atoms with E-state index in [0.29, 0.717) is 6.04 Å². The molecule has 2 fully saturated rings. The SMILES string of the molecule is Cc1ccc(CN2CCC[C@@]3(C[C@H](n4ccnc4)CO3)C2)s1. The molecule has 5 heteroatoms. The number of rotatable bonds is 3. The van der Waals surface area contributed by atoms with E-state index in [4.69, 9.17) is 4.74 Å². The molecule has 0 saturated carbocycles. The van der Waals surface area contributed by atoms with Gasteiger partial charge in [0.25, 0.3) is 0 Å². The standard InChI is InChI=1S/C17H23N3OS/c1-14-3-4-16(22-14)10-19-7-2-5-17(12-19)9-15(11-21-17)20-8-6-18-13-20/h3-4,6,8,13,15H,2,5,7,9-12H2,1H3/t15-,17+/m0/s1. The number of aromatic nitrogens is 2. The van der Waals surface area contributed by atoms with Crippen molar-refractivity contribution in [3.05, 3.63) is 40.6 Å². The Morgan fingerprint density at radius 2 is 2.41 bits per heavy atom. The van der Waals surface area contributed by atoms with Crippen molar-refractivity contribution in [1.29, 1.82) is 0 Å². The lowest BCUT2D eigenvalue weighted by Gasteiger charge is -2.39. The summed E-state index contributed by atoms with van der Waals surface area (Å²) >= 11 is 1.92. The minimum absolute atomic E-state index is 0.0551. The maximum absolute atomic E-state index is 6.30. The predicted octanol–water partition coefficient (Wildman–Crippen LogP) is 3.25. The van der Waals surface area contributed by atoms with Gasteiger partial charge in [-0.3, -0.25) is 4.90 Å². The zero-order valence-corrected chi connectivity index (χ0v) is 13.9. The molecule has 0 aliphatic carbocycles. The number of imidazole rings is 1. The lowest BCUT2D eigenvalue weighted by Crippen LogP contribution is -2.47. The van der Waals surface area contributed by atoms with E-state index in [1.54, 1.807) is 0 Å². The second-order valence-corrected chi connectivity index (χ2v) is 8.06. The first-order chi connectivity index (χ1) is 10.7. The number of nitrogens with zero attached hydrogens (tertiary/aromatic N) is 3. The van der Waals surface area contributed by atoms with Crippen LogP contribution in [-0.2, 0) is 11.3 Å². The van der Waals surface area contributed by atoms with E-state index in [1.807, 2.05) is 23.9 Å². The van der Waals surface area contributed by atoms with Crippen LogP contribution >= 0.6 is 11.3 Å². The molecule has 2 atom stereocenters. The Morgan fingerprint density at radius 1 is 1.45 bits per heavy atom. The van der Waals surface area contributed by atoms with Crippen LogP contribution in [-0.4, -0.2) is 39.7 Å². The lowest BCUT2D eigenvalue weighted by atomic mass is 9.88. The smallest absolute Gasteiger partial charge is 0.0949 e. The van der Waals surface area contributed by atoms with E-state index in [1.165, 1.54) is 29.1 Å². The monoisotopic (exact) mass is 317 g/mol. The normalized spacial score (nSPS) is 29.4. The molecule has 0 bridgehead atoms. The summed E-state index contributed by atoms with van der Waals surface area (Å²) in [6.07, 6.45) is 9.38. The second kappa shape index (κ2) is 5.80. The van der Waals surface area contributed by atoms with Gasteiger partial charge in [0.1, 0.15) is 0 Å². The summed E-state index contributed by atoms with van der Waals surface area (Å²) in [6.45, 7) is 6.33. The molecule has 2 aliphatic heterocycles. The van der Waals surface area contributed by atoms with Crippen molar-refractivity contribution in [1.82, 2.24) is 14.5 Å². The highest BCUT2D eigenvalue weighted by Crippen LogP contribution is 2.39. The van der Waals surface area contributed by atoms with Crippen LogP contribution in [0, 0.1) is 6.92 Å². The summed E-state index contributed by atoms with van der Waals surface area (Å²) < 4.78 is 8.51. The number of ether oxygens (including phenoxy) is 1. The number of thiophene rings is 1. The molecule has 2 aliphatic rings. The van der Waals surface area contributed by atoms with Crippen LogP contribution < -0.4 is 0 Å². The zero-order valence-electron chi connectivity index (χ0n) is 13.1. The van der Waals surface area contributed by atoms with Crippen molar-refractivity contribution in [2.75, 3.05) is 19.7 Å². The number of aryl methyl sites for hydroxylation is 1. The molecule has 0 aromatic carbocycles. The highest BCUT2D eigenvalue weighted by molar-refractivity contribution is 7.11. The topological polar surface area (TPSA) is 30.3 Å². The molecular formula is C17H23N3OS. The molecule has 0 amide bonds. The molecule has 22 heavy (non-hydrogen) atoms. The van der Waals surface area contributed by atoms with E-state index in [0.717, 1.165) is 26.1 Å². The fraction of sp³-hybridized carbons (Fsp3) is 0.588. The van der Waals surface area contributed by atoms with E-state index in [-0.39, 0.29) is 5.60 Å². The fourth-order valence-electron chi connectivity index (χ4n) is 3.90. The van der Waals surface area contributed by atoms with Gasteiger partial charge in [-0.25, -0.2) is 4.98 Å². The molecular weight excluding hydrogens is 294 g/mol. The molecule has 4 rings (SSSR count). The van der Waals surface area contributed by atoms with E-state index >= 15 is 0 Å². The van der Waals surface area contributed by atoms with Gasteiger partial charge in [-0.15, -0.1) is 11.3 Å². The van der Waals surface area contributed by atoms with Crippen molar-refractivity contribution in [3.8, 4) is 0 Å². The molecule has 2 aromatic rings. The molecule has 4 nitrogen and oxygen atoms in total. The lowest BCUT2D eigenvalue weighted by molar-refractivity contribution is -0.0532. The summed E-state index contributed by atoms with van der Waals surface area (Å²) in [5, 5.41) is 0. The minimum Gasteiger partial charge on any atom is -0.371 e. The maximum Gasteiger partial charge on any atom is 0.0949 e. The van der Waals surface area contributed by atoms with Gasteiger partial charge in [0.2, 0.25) is 0 Å². The summed E-state index contributed by atoms with van der Waals surface area (Å²) in [4.78, 5) is 9.62. The highest BCUT2D eigenvalue weighted by atomic mass is 32.1. The Hall–Kier alpha value is -1.17. The quantitative estimate of drug-likeness (QED) is 0.870. The van der Waals surface area contributed by atoms with Crippen molar-refractivity contribution >= 4 is 11.3 Å². The predicted molar refractivity (Wildman–Crippen MR) is 88.1 cm³/mol. The summed E-state index contributed by atoms with van der Waals surface area (Å²) in [6, 6.07) is 4.94. The summed E-state index contributed by atoms with van der Waals surface area (Å²) in [5.74, 6) is 0. The molecule has 1 spiro atoms. The molecule has 2 saturated heterocycles. The molecule has 2 aromatic heterocycles. The van der Waals surface area contributed by atoms with E-state index in [9.17, 15) is 0 Å². The largest absolute Gasteiger partial charge is 0.371 e. The molecule has 0 N–H and O–H groups in total. The van der Waals surface area contributed by atoms with Crippen LogP contribution in [0.3, 0.4) is 0 Å². The third kappa shape index (κ3) is 2.85. The van der Waals surface area contributed by atoms with Crippen LogP contribution in [0.25, 0.3) is 0 Å². The third-order valence-corrected chi connectivity index (χ3v) is 5.92. The summed E-state index contributed by atoms with van der Waals surface area (Å²) in [7, 11) is 0. The Kier molecular flexibility index (Phi) is 3.80. The molecule has 4 heterocycles. The van der Waals surface area contributed by atoms with Gasteiger partial charge in [-0.05, 0) is 38.4 Å². The van der Waals surface area contributed by atoms with Crippen LogP contribution in [0.15, 0.2) is 30.9 Å². The average molecular weight is 317 g/mol. The first kappa shape index (κ1) is 14.4. The second-order valence-electron chi connectivity index (χ2n) is 6.69. The van der Waals surface area contributed by atoms with Crippen molar-refractivity contribution in [2.24, 2.45) is 0 Å². The number of hydrogen-bond donors (Lipinski definition) is 0. The first-order valence-electron chi connectivity index (χ1n) is 8.12. The number of hydrogen-bond acceptors (Lipinski definition) is 4. The fourth-order valence-corrected chi connectivity index (χ4v) is 4.83. The highest BCUT2D eigenvalue weighted by Gasteiger charge is 2.43. The van der Waals surface area contributed by atoms with E-state index < -0.39 is 0 Å². The van der Waals surface area contributed by atoms with Gasteiger partial charge >= 0.3 is 0 Å². The Labute approximate surface area is 135 Å². The third-order valence-electron chi connectivity index (χ3n) is 4.93. The molecule has 0 unspecified atom stereocenters. The van der Waals surface area contributed by atoms with Crippen molar-refractivity contribution in [2.45, 2.75) is 44.4 Å². The Bertz CT molecular complexity index is 624. The van der Waals surface area contributed by atoms with Crippen LogP contribution in [0.1, 0.15) is 35.1 Å². The van der Waals surface area contributed by atoms with Gasteiger partial charge in [-0.1, -0.05) is 0 Å². The van der Waals surface area contributed by atoms with Gasteiger partial charge in [-0.2, -0.15) is 0 Å². The number of piperidine rings is 1. The van der Waals surface area contributed by atoms with Crippen LogP contribution in [0.2, 0.25) is 0 Å². The van der Waals surface area contributed by atoms with Gasteiger partial charge in [0.05, 0.1) is 24.6 Å². The van der Waals surface area contributed by atoms with Crippen LogP contribution in [0.4, 0.5) is 0 Å². The number of likely N-dealkylation sites (tertiary alicyclic amines) is 1. The first-order valence-corrected chi connectivity index (χ1v) is 8.93. The summed E-state index contributed by atoms with van der Waals surface area (Å²) in [5.41, 5.74) is 0.0551. The molecule has 118 valence electrons. The molecule has 0 radical (unpaired) electrons. The van der Waals surface area contributed by atoms with Gasteiger partial charge in [0, 0.05) is 41.7 Å². The van der Waals surface area contributed by atoms with Gasteiger partial charge in [0.15, 0.2) is 0 Å². The van der Waals surface area contributed by atoms with E-state index in [2.05, 4.69) is 39.7 Å². The average Bonchev–Trinajstić information content (AvgIpc) is 3.21. The van der Waals surface area contributed by atoms with Crippen molar-refractivity contribution < 1.29 is 4.74 Å². The maximum atomic E-state index is 6.30. The minimum atomic E-state index is 0.0551. The van der Waals surface area contributed by atoms with Crippen LogP contribution in [0.5, 0.6) is 0 Å². The Morgan fingerprint density at radius 3 is 3.18 bits per heavy atom.